The van der Waals surface area contributed by atoms with Crippen molar-refractivity contribution in [1.82, 2.24) is 10.2 Å². The fraction of sp³-hybridized carbons (Fsp3) is 0.800. The molecule has 1 heterocycles. The van der Waals surface area contributed by atoms with Crippen LogP contribution in [-0.4, -0.2) is 60.6 Å². The van der Waals surface area contributed by atoms with Gasteiger partial charge in [-0.1, -0.05) is 0 Å². The number of carboxylic acids is 1. The molecule has 0 aliphatic carbocycles. The van der Waals surface area contributed by atoms with Crippen molar-refractivity contribution in [3.05, 3.63) is 0 Å². The third kappa shape index (κ3) is 3.34. The second-order valence-electron chi connectivity index (χ2n) is 5.03. The van der Waals surface area contributed by atoms with Gasteiger partial charge in [0.05, 0.1) is 11.5 Å². The molecule has 18 heavy (non-hydrogen) atoms. The molecule has 0 bridgehead atoms. The first-order valence-electron chi connectivity index (χ1n) is 5.54. The van der Waals surface area contributed by atoms with Crippen molar-refractivity contribution in [2.45, 2.75) is 31.8 Å². The number of aliphatic carboxylic acids is 1. The van der Waals surface area contributed by atoms with Crippen molar-refractivity contribution in [2.24, 2.45) is 0 Å². The number of urea groups is 1. The van der Waals surface area contributed by atoms with Crippen LogP contribution in [0.15, 0.2) is 0 Å². The van der Waals surface area contributed by atoms with E-state index in [2.05, 4.69) is 5.32 Å². The maximum absolute atomic E-state index is 11.8. The van der Waals surface area contributed by atoms with Crippen LogP contribution >= 0.6 is 0 Å². The quantitative estimate of drug-likeness (QED) is 0.736. The number of nitrogens with zero attached hydrogens (tertiary/aromatic N) is 1. The van der Waals surface area contributed by atoms with Gasteiger partial charge in [0.25, 0.3) is 0 Å². The number of sulfone groups is 1. The van der Waals surface area contributed by atoms with Gasteiger partial charge in [0, 0.05) is 13.1 Å². The van der Waals surface area contributed by atoms with Crippen molar-refractivity contribution in [1.29, 1.82) is 0 Å². The van der Waals surface area contributed by atoms with E-state index in [4.69, 9.17) is 5.11 Å². The summed E-state index contributed by atoms with van der Waals surface area (Å²) in [4.78, 5) is 24.0. The highest BCUT2D eigenvalue weighted by atomic mass is 32.2. The van der Waals surface area contributed by atoms with E-state index >= 15 is 0 Å². The Balaban J connectivity index is 2.66. The average molecular weight is 278 g/mol. The van der Waals surface area contributed by atoms with Crippen LogP contribution in [-0.2, 0) is 14.6 Å². The molecule has 0 aromatic heterocycles. The van der Waals surface area contributed by atoms with E-state index < -0.39 is 27.4 Å². The van der Waals surface area contributed by atoms with Crippen LogP contribution in [0, 0.1) is 0 Å². The molecule has 1 aliphatic rings. The summed E-state index contributed by atoms with van der Waals surface area (Å²) in [7, 11) is -1.60. The lowest BCUT2D eigenvalue weighted by Gasteiger charge is -2.28. The smallest absolute Gasteiger partial charge is 0.328 e. The zero-order valence-electron chi connectivity index (χ0n) is 10.6. The lowest BCUT2D eigenvalue weighted by Crippen LogP contribution is -2.55. The molecule has 1 atom stereocenters. The molecule has 0 aromatic carbocycles. The molecular formula is C10H18N2O5S. The highest BCUT2D eigenvalue weighted by Gasteiger charge is 2.36. The van der Waals surface area contributed by atoms with E-state index in [1.807, 2.05) is 0 Å². The van der Waals surface area contributed by atoms with Crippen molar-refractivity contribution in [3.8, 4) is 0 Å². The first-order valence-corrected chi connectivity index (χ1v) is 7.36. The number of carbonyl (C=O) groups excluding carboxylic acids is 1. The molecule has 0 saturated carbocycles. The summed E-state index contributed by atoms with van der Waals surface area (Å²) in [5, 5.41) is 11.2. The van der Waals surface area contributed by atoms with Gasteiger partial charge in [-0.3, -0.25) is 0 Å². The van der Waals surface area contributed by atoms with Crippen LogP contribution in [0.2, 0.25) is 0 Å². The standard InChI is InChI=1S/C10H18N2O5S/c1-10(2,8(13)14)11-9(15)12(3)7-4-5-18(16,17)6-7/h7H,4-6H2,1-3H3,(H,11,15)(H,13,14). The third-order valence-corrected chi connectivity index (χ3v) is 4.78. The van der Waals surface area contributed by atoms with Gasteiger partial charge in [0.1, 0.15) is 5.54 Å². The molecule has 2 amide bonds. The first kappa shape index (κ1) is 14.7. The Labute approximate surface area is 106 Å². The predicted molar refractivity (Wildman–Crippen MR) is 65.1 cm³/mol. The highest BCUT2D eigenvalue weighted by Crippen LogP contribution is 2.17. The second-order valence-corrected chi connectivity index (χ2v) is 7.26. The minimum atomic E-state index is -3.07. The molecule has 8 heteroatoms. The van der Waals surface area contributed by atoms with Gasteiger partial charge in [0.2, 0.25) is 0 Å². The molecule has 0 spiro atoms. The maximum atomic E-state index is 11.8. The fourth-order valence-electron chi connectivity index (χ4n) is 1.66. The van der Waals surface area contributed by atoms with E-state index in [1.54, 1.807) is 0 Å². The van der Waals surface area contributed by atoms with Gasteiger partial charge in [0.15, 0.2) is 9.84 Å². The van der Waals surface area contributed by atoms with E-state index in [9.17, 15) is 18.0 Å². The topological polar surface area (TPSA) is 104 Å². The minimum absolute atomic E-state index is 0.0651. The van der Waals surface area contributed by atoms with Gasteiger partial charge in [-0.25, -0.2) is 18.0 Å². The number of hydrogen-bond acceptors (Lipinski definition) is 4. The van der Waals surface area contributed by atoms with Gasteiger partial charge >= 0.3 is 12.0 Å². The number of hydrogen-bond donors (Lipinski definition) is 2. The van der Waals surface area contributed by atoms with Crippen molar-refractivity contribution >= 4 is 21.8 Å². The monoisotopic (exact) mass is 278 g/mol. The molecule has 1 unspecified atom stereocenters. The summed E-state index contributed by atoms with van der Waals surface area (Å²) in [6, 6.07) is -0.968. The Morgan fingerprint density at radius 3 is 2.33 bits per heavy atom. The van der Waals surface area contributed by atoms with Crippen LogP contribution in [0.25, 0.3) is 0 Å². The largest absolute Gasteiger partial charge is 0.480 e. The average Bonchev–Trinajstić information content (AvgIpc) is 2.56. The number of carbonyl (C=O) groups is 2. The lowest BCUT2D eigenvalue weighted by molar-refractivity contribution is -0.143. The van der Waals surface area contributed by atoms with E-state index in [0.29, 0.717) is 6.42 Å². The number of carboxylic acid groups (broad SMARTS) is 1. The summed E-state index contributed by atoms with van der Waals surface area (Å²) in [6.45, 7) is 2.74. The Kier molecular flexibility index (Phi) is 3.89. The molecule has 0 aromatic rings. The SMILES string of the molecule is CN(C(=O)NC(C)(C)C(=O)O)C1CCS(=O)(=O)C1. The number of rotatable bonds is 3. The van der Waals surface area contributed by atoms with E-state index in [1.165, 1.54) is 25.8 Å². The van der Waals surface area contributed by atoms with E-state index in [0.717, 1.165) is 0 Å². The third-order valence-electron chi connectivity index (χ3n) is 3.03. The molecule has 104 valence electrons. The minimum Gasteiger partial charge on any atom is -0.480 e. The molecule has 1 saturated heterocycles. The molecular weight excluding hydrogens is 260 g/mol. The van der Waals surface area contributed by atoms with Crippen LogP contribution in [0.4, 0.5) is 4.79 Å². The number of nitrogens with one attached hydrogen (secondary N) is 1. The summed E-state index contributed by atoms with van der Waals surface area (Å²) in [5.41, 5.74) is -1.39. The van der Waals surface area contributed by atoms with Crippen LogP contribution in [0.5, 0.6) is 0 Å². The van der Waals surface area contributed by atoms with Crippen LogP contribution in [0.1, 0.15) is 20.3 Å². The molecule has 1 fully saturated rings. The van der Waals surface area contributed by atoms with Crippen LogP contribution in [0.3, 0.4) is 0 Å². The molecule has 2 N–H and O–H groups in total. The normalized spacial score (nSPS) is 22.5. The van der Waals surface area contributed by atoms with E-state index in [-0.39, 0.29) is 17.5 Å². The molecule has 1 aliphatic heterocycles. The van der Waals surface area contributed by atoms with Gasteiger partial charge < -0.3 is 15.3 Å². The molecule has 0 radical (unpaired) electrons. The summed E-state index contributed by atoms with van der Waals surface area (Å²) in [6.07, 6.45) is 0.389. The van der Waals surface area contributed by atoms with Gasteiger partial charge in [-0.2, -0.15) is 0 Å². The van der Waals surface area contributed by atoms with Crippen molar-refractivity contribution < 1.29 is 23.1 Å². The van der Waals surface area contributed by atoms with Crippen LogP contribution < -0.4 is 5.32 Å². The van der Waals surface area contributed by atoms with Gasteiger partial charge in [-0.15, -0.1) is 0 Å². The number of amides is 2. The Bertz CT molecular complexity index is 457. The van der Waals surface area contributed by atoms with Gasteiger partial charge in [-0.05, 0) is 20.3 Å². The molecule has 7 nitrogen and oxygen atoms in total. The summed E-state index contributed by atoms with van der Waals surface area (Å²) in [5.74, 6) is -1.15. The lowest BCUT2D eigenvalue weighted by atomic mass is 10.1. The predicted octanol–water partition coefficient (Wildman–Crippen LogP) is -0.322. The fourth-order valence-corrected chi connectivity index (χ4v) is 3.43. The zero-order valence-corrected chi connectivity index (χ0v) is 11.5. The van der Waals surface area contributed by atoms with Crippen molar-refractivity contribution in [3.63, 3.8) is 0 Å². The Morgan fingerprint density at radius 2 is 1.94 bits per heavy atom. The Morgan fingerprint density at radius 1 is 1.39 bits per heavy atom. The maximum Gasteiger partial charge on any atom is 0.328 e. The summed E-state index contributed by atoms with van der Waals surface area (Å²) < 4.78 is 22.6. The first-order chi connectivity index (χ1) is 8.05. The Hall–Kier alpha value is -1.31. The molecule has 1 rings (SSSR count). The highest BCUT2D eigenvalue weighted by molar-refractivity contribution is 7.91. The van der Waals surface area contributed by atoms with Crippen molar-refractivity contribution in [2.75, 3.05) is 18.6 Å². The summed E-state index contributed by atoms with van der Waals surface area (Å²) >= 11 is 0. The second kappa shape index (κ2) is 4.75. The zero-order chi connectivity index (χ0) is 14.1.